The lowest BCUT2D eigenvalue weighted by atomic mass is 10.0. The molecule has 0 atom stereocenters. The lowest BCUT2D eigenvalue weighted by Gasteiger charge is -2.07. The summed E-state index contributed by atoms with van der Waals surface area (Å²) in [4.78, 5) is 32.4. The topological polar surface area (TPSA) is 98.0 Å². The Bertz CT molecular complexity index is 940. The number of hydrogen-bond donors (Lipinski definition) is 2. The number of nitrogen functional groups attached to an aromatic ring is 1. The number of aromatic nitrogens is 2. The Balaban J connectivity index is 1.48. The number of nitrogens with zero attached hydrogens (tertiary/aromatic N) is 2. The Hall–Kier alpha value is -3.54. The molecular weight excluding hydrogens is 352 g/mol. The molecule has 2 heterocycles. The second kappa shape index (κ2) is 9.41. The van der Waals surface area contributed by atoms with Crippen molar-refractivity contribution in [3.63, 3.8) is 0 Å². The van der Waals surface area contributed by atoms with Crippen molar-refractivity contribution in [2.75, 3.05) is 5.73 Å². The number of aryl methyl sites for hydroxylation is 1. The first-order valence-electron chi connectivity index (χ1n) is 9.09. The van der Waals surface area contributed by atoms with E-state index in [1.54, 1.807) is 42.9 Å². The summed E-state index contributed by atoms with van der Waals surface area (Å²) in [5, 5.41) is 2.90. The fourth-order valence-electron chi connectivity index (χ4n) is 2.78. The van der Waals surface area contributed by atoms with Crippen LogP contribution in [0.3, 0.4) is 0 Å². The minimum Gasteiger partial charge on any atom is -0.383 e. The minimum atomic E-state index is -0.0215. The van der Waals surface area contributed by atoms with E-state index in [0.717, 1.165) is 16.7 Å². The number of rotatable bonds is 8. The Labute approximate surface area is 163 Å². The number of benzene rings is 1. The summed E-state index contributed by atoms with van der Waals surface area (Å²) in [6, 6.07) is 14.6. The van der Waals surface area contributed by atoms with E-state index in [9.17, 15) is 9.59 Å². The SMILES string of the molecule is Nc1ncccc1CC(=O)c1ccc(CNC(=O)CCc2cccnc2)cc1. The van der Waals surface area contributed by atoms with Crippen molar-refractivity contribution >= 4 is 17.5 Å². The first kappa shape index (κ1) is 19.2. The van der Waals surface area contributed by atoms with Crippen LogP contribution in [-0.4, -0.2) is 21.7 Å². The van der Waals surface area contributed by atoms with Gasteiger partial charge in [0.15, 0.2) is 5.78 Å². The van der Waals surface area contributed by atoms with Gasteiger partial charge in [0, 0.05) is 49.1 Å². The standard InChI is InChI=1S/C22H22N4O2/c23-22-19(4-2-12-25-22)13-20(27)18-8-5-17(6-9-18)15-26-21(28)10-7-16-3-1-11-24-14-16/h1-6,8-9,11-12,14H,7,10,13,15H2,(H2,23,25)(H,26,28). The number of Topliss-reactive ketones (excluding diaryl/α,β-unsaturated/α-hetero) is 1. The van der Waals surface area contributed by atoms with E-state index >= 15 is 0 Å². The van der Waals surface area contributed by atoms with Crippen molar-refractivity contribution < 1.29 is 9.59 Å². The van der Waals surface area contributed by atoms with E-state index in [1.807, 2.05) is 24.3 Å². The van der Waals surface area contributed by atoms with Crippen LogP contribution in [0.1, 0.15) is 33.5 Å². The second-order valence-electron chi connectivity index (χ2n) is 6.48. The molecule has 0 aliphatic carbocycles. The molecule has 0 aliphatic rings. The molecule has 6 heteroatoms. The maximum absolute atomic E-state index is 12.4. The van der Waals surface area contributed by atoms with Crippen molar-refractivity contribution in [1.29, 1.82) is 0 Å². The Morgan fingerprint density at radius 2 is 1.75 bits per heavy atom. The average Bonchev–Trinajstić information content (AvgIpc) is 2.73. The maximum Gasteiger partial charge on any atom is 0.220 e. The monoisotopic (exact) mass is 374 g/mol. The van der Waals surface area contributed by atoms with Crippen LogP contribution in [0, 0.1) is 0 Å². The fourth-order valence-corrected chi connectivity index (χ4v) is 2.78. The van der Waals surface area contributed by atoms with Crippen LogP contribution >= 0.6 is 0 Å². The maximum atomic E-state index is 12.4. The average molecular weight is 374 g/mol. The van der Waals surface area contributed by atoms with Crippen molar-refractivity contribution in [3.8, 4) is 0 Å². The number of anilines is 1. The van der Waals surface area contributed by atoms with E-state index in [2.05, 4.69) is 15.3 Å². The Morgan fingerprint density at radius 1 is 0.964 bits per heavy atom. The van der Waals surface area contributed by atoms with Crippen LogP contribution < -0.4 is 11.1 Å². The fraction of sp³-hybridized carbons (Fsp3) is 0.182. The molecule has 0 fully saturated rings. The highest BCUT2D eigenvalue weighted by atomic mass is 16.1. The molecule has 0 saturated carbocycles. The molecule has 0 radical (unpaired) electrons. The van der Waals surface area contributed by atoms with Gasteiger partial charge in [-0.15, -0.1) is 0 Å². The van der Waals surface area contributed by atoms with Crippen molar-refractivity contribution in [2.24, 2.45) is 0 Å². The second-order valence-corrected chi connectivity index (χ2v) is 6.48. The summed E-state index contributed by atoms with van der Waals surface area (Å²) >= 11 is 0. The van der Waals surface area contributed by atoms with Crippen LogP contribution in [0.15, 0.2) is 67.1 Å². The largest absolute Gasteiger partial charge is 0.383 e. The number of carbonyl (C=O) groups excluding carboxylic acids is 2. The molecule has 0 unspecified atom stereocenters. The number of hydrogen-bond acceptors (Lipinski definition) is 5. The predicted molar refractivity (Wildman–Crippen MR) is 108 cm³/mol. The zero-order valence-electron chi connectivity index (χ0n) is 15.5. The smallest absolute Gasteiger partial charge is 0.220 e. The van der Waals surface area contributed by atoms with Gasteiger partial charge in [-0.1, -0.05) is 36.4 Å². The molecule has 0 bridgehead atoms. The third-order valence-electron chi connectivity index (χ3n) is 4.41. The summed E-state index contributed by atoms with van der Waals surface area (Å²) in [7, 11) is 0. The minimum absolute atomic E-state index is 0.0175. The van der Waals surface area contributed by atoms with Crippen LogP contribution in [0.5, 0.6) is 0 Å². The molecule has 3 aromatic rings. The Morgan fingerprint density at radius 3 is 2.46 bits per heavy atom. The lowest BCUT2D eigenvalue weighted by Crippen LogP contribution is -2.23. The number of amides is 1. The highest BCUT2D eigenvalue weighted by Gasteiger charge is 2.10. The highest BCUT2D eigenvalue weighted by molar-refractivity contribution is 5.98. The van der Waals surface area contributed by atoms with Gasteiger partial charge in [0.2, 0.25) is 5.91 Å². The molecule has 0 spiro atoms. The van der Waals surface area contributed by atoms with E-state index in [4.69, 9.17) is 5.73 Å². The molecule has 1 amide bonds. The van der Waals surface area contributed by atoms with E-state index < -0.39 is 0 Å². The number of nitrogens with one attached hydrogen (secondary N) is 1. The quantitative estimate of drug-likeness (QED) is 0.591. The molecule has 0 aliphatic heterocycles. The van der Waals surface area contributed by atoms with Crippen LogP contribution in [-0.2, 0) is 24.2 Å². The lowest BCUT2D eigenvalue weighted by molar-refractivity contribution is -0.121. The van der Waals surface area contributed by atoms with Gasteiger partial charge in [-0.25, -0.2) is 4.98 Å². The van der Waals surface area contributed by atoms with Gasteiger partial charge >= 0.3 is 0 Å². The molecule has 6 nitrogen and oxygen atoms in total. The number of nitrogens with two attached hydrogens (primary N) is 1. The van der Waals surface area contributed by atoms with Crippen molar-refractivity contribution in [2.45, 2.75) is 25.8 Å². The number of pyridine rings is 2. The van der Waals surface area contributed by atoms with Crippen molar-refractivity contribution in [1.82, 2.24) is 15.3 Å². The first-order chi connectivity index (χ1) is 13.6. The van der Waals surface area contributed by atoms with Crippen LogP contribution in [0.2, 0.25) is 0 Å². The summed E-state index contributed by atoms with van der Waals surface area (Å²) in [6.45, 7) is 0.426. The van der Waals surface area contributed by atoms with Gasteiger partial charge in [0.25, 0.3) is 0 Å². The molecule has 3 N–H and O–H groups in total. The van der Waals surface area contributed by atoms with E-state index in [-0.39, 0.29) is 18.1 Å². The van der Waals surface area contributed by atoms with Crippen LogP contribution in [0.4, 0.5) is 5.82 Å². The molecule has 2 aromatic heterocycles. The molecule has 142 valence electrons. The third-order valence-corrected chi connectivity index (χ3v) is 4.41. The number of ketones is 1. The molecule has 1 aromatic carbocycles. The zero-order valence-corrected chi connectivity index (χ0v) is 15.5. The molecule has 0 saturated heterocycles. The van der Waals surface area contributed by atoms with E-state index in [1.165, 1.54) is 0 Å². The summed E-state index contributed by atoms with van der Waals surface area (Å²) in [6.07, 6.45) is 6.36. The summed E-state index contributed by atoms with van der Waals surface area (Å²) in [5.41, 5.74) is 9.09. The first-order valence-corrected chi connectivity index (χ1v) is 9.09. The van der Waals surface area contributed by atoms with Gasteiger partial charge < -0.3 is 11.1 Å². The van der Waals surface area contributed by atoms with Gasteiger partial charge in [-0.05, 0) is 29.7 Å². The van der Waals surface area contributed by atoms with Crippen LogP contribution in [0.25, 0.3) is 0 Å². The zero-order chi connectivity index (χ0) is 19.8. The highest BCUT2D eigenvalue weighted by Crippen LogP contribution is 2.13. The van der Waals surface area contributed by atoms with Crippen molar-refractivity contribution in [3.05, 3.63) is 89.4 Å². The van der Waals surface area contributed by atoms with E-state index in [0.29, 0.717) is 30.8 Å². The number of carbonyl (C=O) groups is 2. The van der Waals surface area contributed by atoms with Gasteiger partial charge in [-0.2, -0.15) is 0 Å². The normalized spacial score (nSPS) is 10.4. The summed E-state index contributed by atoms with van der Waals surface area (Å²) in [5.74, 6) is 0.337. The third kappa shape index (κ3) is 5.48. The summed E-state index contributed by atoms with van der Waals surface area (Å²) < 4.78 is 0. The van der Waals surface area contributed by atoms with Gasteiger partial charge in [-0.3, -0.25) is 14.6 Å². The Kier molecular flexibility index (Phi) is 6.46. The van der Waals surface area contributed by atoms with Gasteiger partial charge in [0.1, 0.15) is 5.82 Å². The molecule has 28 heavy (non-hydrogen) atoms. The van der Waals surface area contributed by atoms with Gasteiger partial charge in [0.05, 0.1) is 0 Å². The molecule has 3 rings (SSSR count). The molecular formula is C22H22N4O2. The predicted octanol–water partition coefficient (Wildman–Crippen LogP) is 2.73.